The minimum Gasteiger partial charge on any atom is -0.360 e. The molecule has 1 aromatic rings. The molecule has 0 atom stereocenters. The first kappa shape index (κ1) is 8.57. The van der Waals surface area contributed by atoms with Gasteiger partial charge in [0.25, 0.3) is 0 Å². The average molecular weight is 177 g/mol. The third kappa shape index (κ3) is 2.01. The summed E-state index contributed by atoms with van der Waals surface area (Å²) < 4.78 is 0. The van der Waals surface area contributed by atoms with E-state index in [4.69, 9.17) is 0 Å². The molecular formula is C11H17N2+. The summed E-state index contributed by atoms with van der Waals surface area (Å²) in [6, 6.07) is 10.7. The maximum absolute atomic E-state index is 2.47. The topological polar surface area (TPSA) is 7.68 Å². The van der Waals surface area contributed by atoms with Crippen LogP contribution >= 0.6 is 0 Å². The number of hydrogen-bond acceptors (Lipinski definition) is 1. The van der Waals surface area contributed by atoms with E-state index in [-0.39, 0.29) is 0 Å². The number of likely N-dealkylation sites (N-methyl/N-ethyl adjacent to an activating group) is 1. The zero-order valence-corrected chi connectivity index (χ0v) is 8.16. The summed E-state index contributed by atoms with van der Waals surface area (Å²) in [5.74, 6) is 0. The summed E-state index contributed by atoms with van der Waals surface area (Å²) in [6.45, 7) is 4.90. The predicted molar refractivity (Wildman–Crippen MR) is 55.3 cm³/mol. The molecule has 0 aromatic heterocycles. The summed E-state index contributed by atoms with van der Waals surface area (Å²) >= 11 is 0. The Balaban J connectivity index is 2.03. The number of anilines is 1. The van der Waals surface area contributed by atoms with E-state index < -0.39 is 0 Å². The van der Waals surface area contributed by atoms with Crippen LogP contribution in [0.3, 0.4) is 0 Å². The van der Waals surface area contributed by atoms with Crippen LogP contribution in [0.5, 0.6) is 0 Å². The smallest absolute Gasteiger partial charge is 0.0947 e. The minimum absolute atomic E-state index is 1.19. The summed E-state index contributed by atoms with van der Waals surface area (Å²) in [5.41, 5.74) is 1.37. The van der Waals surface area contributed by atoms with E-state index >= 15 is 0 Å². The van der Waals surface area contributed by atoms with Crippen molar-refractivity contribution in [2.45, 2.75) is 0 Å². The second kappa shape index (κ2) is 3.79. The highest BCUT2D eigenvalue weighted by Crippen LogP contribution is 2.11. The monoisotopic (exact) mass is 177 g/mol. The molecule has 0 unspecified atom stereocenters. The van der Waals surface area contributed by atoms with Gasteiger partial charge in [-0.1, -0.05) is 18.2 Å². The first-order valence-corrected chi connectivity index (χ1v) is 4.97. The number of nitrogens with zero attached hydrogens (tertiary/aromatic N) is 1. The molecule has 2 nitrogen and oxygen atoms in total. The molecule has 2 rings (SSSR count). The zero-order chi connectivity index (χ0) is 9.10. The molecule has 1 aliphatic rings. The Morgan fingerprint density at radius 3 is 2.31 bits per heavy atom. The number of nitrogens with one attached hydrogen (secondary N) is 1. The average Bonchev–Trinajstić information content (AvgIpc) is 2.20. The molecule has 0 bridgehead atoms. The van der Waals surface area contributed by atoms with Crippen molar-refractivity contribution in [3.63, 3.8) is 0 Å². The van der Waals surface area contributed by atoms with Crippen molar-refractivity contribution in [1.29, 1.82) is 0 Å². The lowest BCUT2D eigenvalue weighted by molar-refractivity contribution is -0.880. The van der Waals surface area contributed by atoms with E-state index in [0.29, 0.717) is 0 Å². The highest BCUT2D eigenvalue weighted by molar-refractivity contribution is 5.45. The highest BCUT2D eigenvalue weighted by atomic mass is 15.2. The predicted octanol–water partition coefficient (Wildman–Crippen LogP) is 0.0213. The summed E-state index contributed by atoms with van der Waals surface area (Å²) in [4.78, 5) is 4.11. The van der Waals surface area contributed by atoms with Crippen LogP contribution in [-0.4, -0.2) is 33.2 Å². The Morgan fingerprint density at radius 2 is 1.69 bits per heavy atom. The third-order valence-corrected chi connectivity index (χ3v) is 2.74. The Kier molecular flexibility index (Phi) is 2.50. The Labute approximate surface area is 79.8 Å². The largest absolute Gasteiger partial charge is 0.360 e. The van der Waals surface area contributed by atoms with Crippen LogP contribution in [0.15, 0.2) is 30.3 Å². The van der Waals surface area contributed by atoms with Gasteiger partial charge in [0.15, 0.2) is 0 Å². The number of rotatable bonds is 1. The Morgan fingerprint density at radius 1 is 1.08 bits per heavy atom. The molecule has 0 aliphatic carbocycles. The number of para-hydroxylation sites is 1. The molecule has 1 aliphatic heterocycles. The Bertz CT molecular complexity index is 250. The van der Waals surface area contributed by atoms with E-state index in [2.05, 4.69) is 42.3 Å². The van der Waals surface area contributed by atoms with Gasteiger partial charge < -0.3 is 9.80 Å². The quantitative estimate of drug-likeness (QED) is 0.635. The number of hydrogen-bond donors (Lipinski definition) is 1. The fourth-order valence-electron chi connectivity index (χ4n) is 1.79. The molecule has 0 saturated carbocycles. The highest BCUT2D eigenvalue weighted by Gasteiger charge is 2.15. The molecule has 0 amide bonds. The van der Waals surface area contributed by atoms with Crippen molar-refractivity contribution in [1.82, 2.24) is 0 Å². The van der Waals surface area contributed by atoms with Gasteiger partial charge in [0.05, 0.1) is 33.2 Å². The first-order valence-electron chi connectivity index (χ1n) is 4.97. The second-order valence-electron chi connectivity index (χ2n) is 3.78. The van der Waals surface area contributed by atoms with Crippen molar-refractivity contribution in [2.75, 3.05) is 38.1 Å². The fraction of sp³-hybridized carbons (Fsp3) is 0.455. The van der Waals surface area contributed by atoms with E-state index in [0.717, 1.165) is 0 Å². The lowest BCUT2D eigenvalue weighted by Crippen LogP contribution is -3.12. The molecule has 1 fully saturated rings. The van der Waals surface area contributed by atoms with E-state index in [1.165, 1.54) is 31.9 Å². The van der Waals surface area contributed by atoms with E-state index in [9.17, 15) is 0 Å². The molecule has 0 radical (unpaired) electrons. The van der Waals surface area contributed by atoms with Gasteiger partial charge >= 0.3 is 0 Å². The molecule has 1 aromatic carbocycles. The van der Waals surface area contributed by atoms with Gasteiger partial charge in [-0.05, 0) is 12.1 Å². The van der Waals surface area contributed by atoms with Gasteiger partial charge in [-0.25, -0.2) is 0 Å². The maximum atomic E-state index is 2.47. The van der Waals surface area contributed by atoms with Gasteiger partial charge in [0, 0.05) is 5.69 Å². The van der Waals surface area contributed by atoms with Gasteiger partial charge in [-0.15, -0.1) is 0 Å². The summed E-state index contributed by atoms with van der Waals surface area (Å²) in [5, 5.41) is 0. The van der Waals surface area contributed by atoms with Crippen LogP contribution < -0.4 is 9.80 Å². The molecule has 70 valence electrons. The minimum atomic E-state index is 1.19. The van der Waals surface area contributed by atoms with Crippen molar-refractivity contribution in [3.05, 3.63) is 30.3 Å². The van der Waals surface area contributed by atoms with Crippen molar-refractivity contribution >= 4 is 5.69 Å². The number of quaternary nitrogens is 1. The molecular weight excluding hydrogens is 160 g/mol. The number of piperazine rings is 1. The zero-order valence-electron chi connectivity index (χ0n) is 8.16. The van der Waals surface area contributed by atoms with Crippen molar-refractivity contribution in [3.8, 4) is 0 Å². The SMILES string of the molecule is C[NH+]1CCN(c2ccccc2)CC1. The molecule has 1 heterocycles. The molecule has 1 saturated heterocycles. The van der Waals surface area contributed by atoms with Crippen LogP contribution in [0.4, 0.5) is 5.69 Å². The lowest BCUT2D eigenvalue weighted by Gasteiger charge is -2.31. The van der Waals surface area contributed by atoms with Crippen LogP contribution in [0.2, 0.25) is 0 Å². The molecule has 2 heteroatoms. The van der Waals surface area contributed by atoms with Crippen molar-refractivity contribution in [2.24, 2.45) is 0 Å². The summed E-state index contributed by atoms with van der Waals surface area (Å²) in [6.07, 6.45) is 0. The third-order valence-electron chi connectivity index (χ3n) is 2.74. The van der Waals surface area contributed by atoms with Crippen molar-refractivity contribution < 1.29 is 4.90 Å². The van der Waals surface area contributed by atoms with E-state index in [1.807, 2.05) is 0 Å². The standard InChI is InChI=1S/C11H16N2/c1-12-7-9-13(10-8-12)11-5-3-2-4-6-11/h2-6H,7-10H2,1H3/p+1. The van der Waals surface area contributed by atoms with Crippen LogP contribution in [0.25, 0.3) is 0 Å². The van der Waals surface area contributed by atoms with Crippen LogP contribution in [-0.2, 0) is 0 Å². The van der Waals surface area contributed by atoms with Gasteiger partial charge in [0.2, 0.25) is 0 Å². The van der Waals surface area contributed by atoms with Gasteiger partial charge in [0.1, 0.15) is 0 Å². The lowest BCUT2D eigenvalue weighted by atomic mass is 10.2. The first-order chi connectivity index (χ1) is 6.36. The van der Waals surface area contributed by atoms with Gasteiger partial charge in [-0.2, -0.15) is 0 Å². The molecule has 0 spiro atoms. The Hall–Kier alpha value is -1.02. The maximum Gasteiger partial charge on any atom is 0.0947 e. The van der Waals surface area contributed by atoms with E-state index in [1.54, 1.807) is 4.90 Å². The van der Waals surface area contributed by atoms with Crippen LogP contribution in [0, 0.1) is 0 Å². The normalized spacial score (nSPS) is 19.0. The second-order valence-corrected chi connectivity index (χ2v) is 3.78. The fourth-order valence-corrected chi connectivity index (χ4v) is 1.79. The van der Waals surface area contributed by atoms with Crippen LogP contribution in [0.1, 0.15) is 0 Å². The molecule has 13 heavy (non-hydrogen) atoms. The number of benzene rings is 1. The molecule has 1 N–H and O–H groups in total. The van der Waals surface area contributed by atoms with Gasteiger partial charge in [-0.3, -0.25) is 0 Å². The summed E-state index contributed by atoms with van der Waals surface area (Å²) in [7, 11) is 2.27.